The summed E-state index contributed by atoms with van der Waals surface area (Å²) in [5.41, 5.74) is 0.487. The number of benzene rings is 1. The number of nitrogens with zero attached hydrogens (tertiary/aromatic N) is 1. The Morgan fingerprint density at radius 3 is 2.87 bits per heavy atom. The molecule has 6 nitrogen and oxygen atoms in total. The van der Waals surface area contributed by atoms with Crippen LogP contribution < -0.4 is 10.1 Å². The lowest BCUT2D eigenvalue weighted by atomic mass is 9.98. The van der Waals surface area contributed by atoms with Crippen LogP contribution >= 0.6 is 11.6 Å². The van der Waals surface area contributed by atoms with Gasteiger partial charge < -0.3 is 10.1 Å². The Labute approximate surface area is 141 Å². The van der Waals surface area contributed by atoms with Crippen molar-refractivity contribution in [1.29, 1.82) is 0 Å². The summed E-state index contributed by atoms with van der Waals surface area (Å²) in [5.74, 6) is -0.0457. The van der Waals surface area contributed by atoms with Gasteiger partial charge in [-0.1, -0.05) is 11.6 Å². The van der Waals surface area contributed by atoms with Crippen molar-refractivity contribution in [1.82, 2.24) is 4.31 Å². The van der Waals surface area contributed by atoms with E-state index in [-0.39, 0.29) is 24.1 Å². The second kappa shape index (κ2) is 7.51. The fourth-order valence-corrected chi connectivity index (χ4v) is 3.96. The highest BCUT2D eigenvalue weighted by Crippen LogP contribution is 2.29. The first-order valence-corrected chi connectivity index (χ1v) is 9.48. The number of methoxy groups -OCH3 is 1. The van der Waals surface area contributed by atoms with Gasteiger partial charge >= 0.3 is 0 Å². The predicted molar refractivity (Wildman–Crippen MR) is 90.4 cm³/mol. The minimum absolute atomic E-state index is 0.0451. The van der Waals surface area contributed by atoms with E-state index in [1.807, 2.05) is 0 Å². The molecule has 0 aromatic heterocycles. The number of carbonyl (C=O) groups excluding carboxylic acids is 1. The molecule has 1 aliphatic rings. The number of ether oxygens (including phenoxy) is 1. The lowest BCUT2D eigenvalue weighted by Crippen LogP contribution is -2.44. The summed E-state index contributed by atoms with van der Waals surface area (Å²) in [6.07, 6.45) is 1.33. The van der Waals surface area contributed by atoms with E-state index in [1.165, 1.54) is 11.4 Å². The zero-order valence-corrected chi connectivity index (χ0v) is 14.8. The number of amides is 1. The highest BCUT2D eigenvalue weighted by atomic mass is 35.5. The van der Waals surface area contributed by atoms with Crippen LogP contribution in [-0.4, -0.2) is 44.6 Å². The fourth-order valence-electron chi connectivity index (χ4n) is 2.60. The molecule has 1 saturated heterocycles. The van der Waals surface area contributed by atoms with Gasteiger partial charge in [0.2, 0.25) is 15.9 Å². The van der Waals surface area contributed by atoms with Crippen molar-refractivity contribution >= 4 is 33.2 Å². The SMILES string of the molecule is CCS(=O)(=O)N1CCC[C@H](C(=O)Nc2cc(Cl)ccc2OC)C1. The topological polar surface area (TPSA) is 75.7 Å². The first-order valence-electron chi connectivity index (χ1n) is 7.49. The summed E-state index contributed by atoms with van der Waals surface area (Å²) in [6, 6.07) is 4.96. The maximum atomic E-state index is 12.5. The number of carbonyl (C=O) groups is 1. The molecule has 0 bridgehead atoms. The number of sulfonamides is 1. The summed E-state index contributed by atoms with van der Waals surface area (Å²) in [4.78, 5) is 12.5. The molecule has 0 saturated carbocycles. The van der Waals surface area contributed by atoms with E-state index in [0.29, 0.717) is 35.8 Å². The molecule has 0 radical (unpaired) electrons. The maximum absolute atomic E-state index is 12.5. The molecule has 1 atom stereocenters. The minimum Gasteiger partial charge on any atom is -0.495 e. The van der Waals surface area contributed by atoms with Gasteiger partial charge in [0, 0.05) is 18.1 Å². The molecule has 0 unspecified atom stereocenters. The molecule has 1 fully saturated rings. The number of hydrogen-bond acceptors (Lipinski definition) is 4. The van der Waals surface area contributed by atoms with Crippen LogP contribution in [0.25, 0.3) is 0 Å². The lowest BCUT2D eigenvalue weighted by Gasteiger charge is -2.31. The monoisotopic (exact) mass is 360 g/mol. The normalized spacial score (nSPS) is 19.3. The van der Waals surface area contributed by atoms with Gasteiger partial charge in [-0.15, -0.1) is 0 Å². The maximum Gasteiger partial charge on any atom is 0.228 e. The molecule has 0 aliphatic carbocycles. The van der Waals surface area contributed by atoms with E-state index in [9.17, 15) is 13.2 Å². The van der Waals surface area contributed by atoms with Gasteiger partial charge in [-0.2, -0.15) is 0 Å². The van der Waals surface area contributed by atoms with Crippen LogP contribution in [0.4, 0.5) is 5.69 Å². The Kier molecular flexibility index (Phi) is 5.89. The Balaban J connectivity index is 2.10. The smallest absolute Gasteiger partial charge is 0.228 e. The Bertz CT molecular complexity index is 678. The summed E-state index contributed by atoms with van der Waals surface area (Å²) >= 11 is 5.95. The van der Waals surface area contributed by atoms with E-state index < -0.39 is 10.0 Å². The first kappa shape index (κ1) is 18.0. The van der Waals surface area contributed by atoms with E-state index in [1.54, 1.807) is 25.1 Å². The van der Waals surface area contributed by atoms with Crippen molar-refractivity contribution in [3.63, 3.8) is 0 Å². The number of halogens is 1. The zero-order chi connectivity index (χ0) is 17.0. The third kappa shape index (κ3) is 4.37. The molecule has 1 N–H and O–H groups in total. The van der Waals surface area contributed by atoms with Crippen molar-refractivity contribution in [2.45, 2.75) is 19.8 Å². The predicted octanol–water partition coefficient (Wildman–Crippen LogP) is 2.35. The lowest BCUT2D eigenvalue weighted by molar-refractivity contribution is -0.120. The highest BCUT2D eigenvalue weighted by Gasteiger charge is 2.31. The third-order valence-corrected chi connectivity index (χ3v) is 6.02. The van der Waals surface area contributed by atoms with Crippen molar-refractivity contribution in [2.75, 3.05) is 31.3 Å². The molecule has 2 rings (SSSR count). The zero-order valence-electron chi connectivity index (χ0n) is 13.2. The standard InChI is InChI=1S/C15H21ClN2O4S/c1-3-23(20,21)18-8-4-5-11(10-18)15(19)17-13-9-12(16)6-7-14(13)22-2/h6-7,9,11H,3-5,8,10H2,1-2H3,(H,17,19)/t11-/m0/s1. The average molecular weight is 361 g/mol. The number of hydrogen-bond donors (Lipinski definition) is 1. The van der Waals surface area contributed by atoms with E-state index in [4.69, 9.17) is 16.3 Å². The number of piperidine rings is 1. The Morgan fingerprint density at radius 1 is 1.48 bits per heavy atom. The summed E-state index contributed by atoms with van der Waals surface area (Å²) in [6.45, 7) is 2.29. The fraction of sp³-hybridized carbons (Fsp3) is 0.533. The van der Waals surface area contributed by atoms with Gasteiger partial charge in [0.1, 0.15) is 5.75 Å². The molecule has 128 valence electrons. The molecule has 1 aliphatic heterocycles. The van der Waals surface area contributed by atoms with Gasteiger partial charge in [0.25, 0.3) is 0 Å². The minimum atomic E-state index is -3.27. The van der Waals surface area contributed by atoms with Gasteiger partial charge in [-0.3, -0.25) is 4.79 Å². The second-order valence-corrected chi connectivity index (χ2v) is 8.13. The largest absolute Gasteiger partial charge is 0.495 e. The molecular weight excluding hydrogens is 340 g/mol. The summed E-state index contributed by atoms with van der Waals surface area (Å²) in [5, 5.41) is 3.28. The second-order valence-electron chi connectivity index (χ2n) is 5.43. The van der Waals surface area contributed by atoms with E-state index >= 15 is 0 Å². The van der Waals surface area contributed by atoms with Gasteiger partial charge in [-0.25, -0.2) is 12.7 Å². The van der Waals surface area contributed by atoms with Crippen molar-refractivity contribution in [3.8, 4) is 5.75 Å². The number of nitrogens with one attached hydrogen (secondary N) is 1. The molecule has 1 aromatic carbocycles. The van der Waals surface area contributed by atoms with E-state index in [2.05, 4.69) is 5.32 Å². The number of anilines is 1. The third-order valence-electron chi connectivity index (χ3n) is 3.93. The average Bonchev–Trinajstić information content (AvgIpc) is 2.55. The van der Waals surface area contributed by atoms with Crippen molar-refractivity contribution in [3.05, 3.63) is 23.2 Å². The molecule has 1 aromatic rings. The Hall–Kier alpha value is -1.31. The van der Waals surface area contributed by atoms with Crippen molar-refractivity contribution < 1.29 is 17.9 Å². The molecule has 1 amide bonds. The van der Waals surface area contributed by atoms with Crippen LogP contribution in [0.5, 0.6) is 5.75 Å². The number of rotatable bonds is 5. The molecular formula is C15H21ClN2O4S. The molecule has 23 heavy (non-hydrogen) atoms. The summed E-state index contributed by atoms with van der Waals surface area (Å²) in [7, 11) is -1.76. The van der Waals surface area contributed by atoms with Crippen LogP contribution in [0, 0.1) is 5.92 Å². The quantitative estimate of drug-likeness (QED) is 0.874. The van der Waals surface area contributed by atoms with Gasteiger partial charge in [-0.05, 0) is 38.0 Å². The van der Waals surface area contributed by atoms with Crippen LogP contribution in [0.1, 0.15) is 19.8 Å². The van der Waals surface area contributed by atoms with Crippen LogP contribution in [0.3, 0.4) is 0 Å². The highest BCUT2D eigenvalue weighted by molar-refractivity contribution is 7.89. The molecule has 1 heterocycles. The molecule has 8 heteroatoms. The van der Waals surface area contributed by atoms with Crippen LogP contribution in [-0.2, 0) is 14.8 Å². The van der Waals surface area contributed by atoms with Crippen LogP contribution in [0.15, 0.2) is 18.2 Å². The van der Waals surface area contributed by atoms with E-state index in [0.717, 1.165) is 0 Å². The van der Waals surface area contributed by atoms with Crippen molar-refractivity contribution in [2.24, 2.45) is 5.92 Å². The van der Waals surface area contributed by atoms with Crippen LogP contribution in [0.2, 0.25) is 5.02 Å². The van der Waals surface area contributed by atoms with Gasteiger partial charge in [0.15, 0.2) is 0 Å². The first-order chi connectivity index (χ1) is 10.9. The molecule has 0 spiro atoms. The Morgan fingerprint density at radius 2 is 2.22 bits per heavy atom. The summed E-state index contributed by atoms with van der Waals surface area (Å²) < 4.78 is 30.6. The van der Waals surface area contributed by atoms with Gasteiger partial charge in [0.05, 0.1) is 24.5 Å².